The van der Waals surface area contributed by atoms with E-state index in [0.717, 1.165) is 15.6 Å². The highest BCUT2D eigenvalue weighted by Crippen LogP contribution is 2.37. The van der Waals surface area contributed by atoms with Gasteiger partial charge in [0.1, 0.15) is 12.4 Å². The summed E-state index contributed by atoms with van der Waals surface area (Å²) in [5, 5.41) is 12.5. The fourth-order valence-corrected chi connectivity index (χ4v) is 3.50. The Labute approximate surface area is 186 Å². The number of benzene rings is 3. The largest absolute Gasteiger partial charge is 0.493 e. The number of nitrogens with one attached hydrogen (secondary N) is 1. The van der Waals surface area contributed by atoms with Crippen LogP contribution in [-0.4, -0.2) is 18.2 Å². The Morgan fingerprint density at radius 1 is 1.17 bits per heavy atom. The maximum atomic E-state index is 13.1. The number of anilines is 1. The third-order valence-corrected chi connectivity index (χ3v) is 5.41. The van der Waals surface area contributed by atoms with Crippen LogP contribution < -0.4 is 14.8 Å². The number of carbonyl (C=O) groups is 1. The van der Waals surface area contributed by atoms with E-state index in [2.05, 4.69) is 21.2 Å². The van der Waals surface area contributed by atoms with Crippen LogP contribution in [0.3, 0.4) is 0 Å². The highest BCUT2D eigenvalue weighted by atomic mass is 79.9. The third-order valence-electron chi connectivity index (χ3n) is 4.35. The van der Waals surface area contributed by atoms with E-state index >= 15 is 0 Å². The van der Waals surface area contributed by atoms with E-state index in [4.69, 9.17) is 26.2 Å². The van der Waals surface area contributed by atoms with Crippen LogP contribution in [0.2, 0.25) is 5.02 Å². The molecule has 0 aliphatic carbocycles. The van der Waals surface area contributed by atoms with Gasteiger partial charge in [-0.15, -0.1) is 0 Å². The number of carboxylic acid groups (broad SMARTS) is 1. The first kappa shape index (κ1) is 21.9. The van der Waals surface area contributed by atoms with Crippen LogP contribution in [0, 0.1) is 5.82 Å². The molecule has 0 unspecified atom stereocenters. The van der Waals surface area contributed by atoms with E-state index in [1.807, 2.05) is 6.07 Å². The summed E-state index contributed by atoms with van der Waals surface area (Å²) >= 11 is 9.58. The minimum Gasteiger partial charge on any atom is -0.493 e. The average Bonchev–Trinajstić information content (AvgIpc) is 2.72. The maximum absolute atomic E-state index is 13.1. The average molecular weight is 495 g/mol. The summed E-state index contributed by atoms with van der Waals surface area (Å²) in [5.74, 6) is -0.303. The lowest BCUT2D eigenvalue weighted by Gasteiger charge is -2.18. The molecule has 0 amide bonds. The lowest BCUT2D eigenvalue weighted by molar-refractivity contribution is 0.0697. The fraction of sp³-hybridized carbons (Fsp3) is 0.136. The zero-order chi connectivity index (χ0) is 21.7. The molecule has 0 fully saturated rings. The summed E-state index contributed by atoms with van der Waals surface area (Å²) in [4.78, 5) is 11.1. The predicted octanol–water partition coefficient (Wildman–Crippen LogP) is 6.14. The zero-order valence-corrected chi connectivity index (χ0v) is 18.3. The Morgan fingerprint density at radius 2 is 1.90 bits per heavy atom. The Balaban J connectivity index is 1.82. The smallest absolute Gasteiger partial charge is 0.337 e. The van der Waals surface area contributed by atoms with Gasteiger partial charge in [-0.3, -0.25) is 0 Å². The lowest BCUT2D eigenvalue weighted by Crippen LogP contribution is -2.07. The minimum absolute atomic E-state index is 0.0353. The maximum Gasteiger partial charge on any atom is 0.337 e. The SMILES string of the molecule is COc1ccc(Br)c(CNc2ccc(C(=O)O)c(Cl)c2)c1OCc1ccc(F)cc1. The van der Waals surface area contributed by atoms with Gasteiger partial charge in [-0.2, -0.15) is 0 Å². The van der Waals surface area contributed by atoms with Crippen LogP contribution in [-0.2, 0) is 13.2 Å². The van der Waals surface area contributed by atoms with E-state index in [1.165, 1.54) is 18.2 Å². The molecular weight excluding hydrogens is 477 g/mol. The molecule has 156 valence electrons. The van der Waals surface area contributed by atoms with Crippen molar-refractivity contribution in [3.05, 3.63) is 86.6 Å². The summed E-state index contributed by atoms with van der Waals surface area (Å²) in [6.07, 6.45) is 0. The van der Waals surface area contributed by atoms with Gasteiger partial charge < -0.3 is 19.9 Å². The summed E-state index contributed by atoms with van der Waals surface area (Å²) in [5.41, 5.74) is 2.31. The molecule has 8 heteroatoms. The normalized spacial score (nSPS) is 10.5. The van der Waals surface area contributed by atoms with Gasteiger partial charge in [0, 0.05) is 22.3 Å². The first-order valence-electron chi connectivity index (χ1n) is 8.88. The number of hydrogen-bond donors (Lipinski definition) is 2. The molecule has 3 rings (SSSR count). The van der Waals surface area contributed by atoms with Gasteiger partial charge >= 0.3 is 5.97 Å². The number of halogens is 3. The van der Waals surface area contributed by atoms with Crippen LogP contribution in [0.15, 0.2) is 59.1 Å². The number of aromatic carboxylic acids is 1. The molecule has 30 heavy (non-hydrogen) atoms. The molecule has 3 aromatic rings. The molecule has 0 radical (unpaired) electrons. The molecular formula is C22H18BrClFNO4. The number of rotatable bonds is 8. The van der Waals surface area contributed by atoms with E-state index in [-0.39, 0.29) is 23.0 Å². The van der Waals surface area contributed by atoms with E-state index in [1.54, 1.807) is 37.4 Å². The number of methoxy groups -OCH3 is 1. The molecule has 2 N–H and O–H groups in total. The van der Waals surface area contributed by atoms with Gasteiger partial charge in [0.15, 0.2) is 11.5 Å². The van der Waals surface area contributed by atoms with Gasteiger partial charge in [-0.25, -0.2) is 9.18 Å². The van der Waals surface area contributed by atoms with E-state index < -0.39 is 5.97 Å². The van der Waals surface area contributed by atoms with Crippen molar-refractivity contribution in [2.75, 3.05) is 12.4 Å². The quantitative estimate of drug-likeness (QED) is 0.394. The van der Waals surface area contributed by atoms with Crippen LogP contribution in [0.5, 0.6) is 11.5 Å². The summed E-state index contributed by atoms with van der Waals surface area (Å²) in [7, 11) is 1.55. The molecule has 0 spiro atoms. The lowest BCUT2D eigenvalue weighted by atomic mass is 10.1. The summed E-state index contributed by atoms with van der Waals surface area (Å²) in [6, 6.07) is 14.3. The van der Waals surface area contributed by atoms with Crippen molar-refractivity contribution in [3.8, 4) is 11.5 Å². The van der Waals surface area contributed by atoms with Crippen LogP contribution >= 0.6 is 27.5 Å². The number of hydrogen-bond acceptors (Lipinski definition) is 4. The second-order valence-corrected chi connectivity index (χ2v) is 7.59. The molecule has 0 atom stereocenters. The standard InChI is InChI=1S/C22H18BrClFNO4/c1-29-20-9-8-18(23)17(21(20)30-12-13-2-4-14(25)5-3-13)11-26-15-6-7-16(22(27)28)19(24)10-15/h2-10,26H,11-12H2,1H3,(H,27,28). The zero-order valence-electron chi connectivity index (χ0n) is 15.9. The monoisotopic (exact) mass is 493 g/mol. The molecule has 0 saturated heterocycles. The molecule has 5 nitrogen and oxygen atoms in total. The molecule has 3 aromatic carbocycles. The topological polar surface area (TPSA) is 67.8 Å². The van der Waals surface area contributed by atoms with Crippen LogP contribution in [0.25, 0.3) is 0 Å². The first-order chi connectivity index (χ1) is 14.4. The van der Waals surface area contributed by atoms with Crippen molar-refractivity contribution in [2.45, 2.75) is 13.2 Å². The van der Waals surface area contributed by atoms with Crippen molar-refractivity contribution >= 4 is 39.2 Å². The predicted molar refractivity (Wildman–Crippen MR) is 117 cm³/mol. The second-order valence-electron chi connectivity index (χ2n) is 6.33. The van der Waals surface area contributed by atoms with Gasteiger partial charge in [-0.1, -0.05) is 39.7 Å². The van der Waals surface area contributed by atoms with E-state index in [9.17, 15) is 9.18 Å². The molecule has 0 aliphatic heterocycles. The van der Waals surface area contributed by atoms with Gasteiger partial charge in [0.05, 0.1) is 17.7 Å². The third kappa shape index (κ3) is 5.23. The second kappa shape index (κ2) is 9.82. The van der Waals surface area contributed by atoms with Crippen LogP contribution in [0.4, 0.5) is 10.1 Å². The number of carboxylic acids is 1. The Hall–Kier alpha value is -2.77. The molecule has 0 saturated carbocycles. The molecule has 0 aliphatic rings. The van der Waals surface area contributed by atoms with Crippen molar-refractivity contribution in [3.63, 3.8) is 0 Å². The first-order valence-corrected chi connectivity index (χ1v) is 10.1. The molecule has 0 bridgehead atoms. The van der Waals surface area contributed by atoms with Crippen molar-refractivity contribution in [2.24, 2.45) is 0 Å². The number of ether oxygens (including phenoxy) is 2. The van der Waals surface area contributed by atoms with Gasteiger partial charge in [-0.05, 0) is 48.0 Å². The van der Waals surface area contributed by atoms with Crippen molar-refractivity contribution in [1.82, 2.24) is 0 Å². The fourth-order valence-electron chi connectivity index (χ4n) is 2.79. The van der Waals surface area contributed by atoms with Crippen molar-refractivity contribution in [1.29, 1.82) is 0 Å². The summed E-state index contributed by atoms with van der Waals surface area (Å²) in [6.45, 7) is 0.596. The molecule has 0 aromatic heterocycles. The Kier molecular flexibility index (Phi) is 7.18. The Morgan fingerprint density at radius 3 is 2.53 bits per heavy atom. The Bertz CT molecular complexity index is 1060. The van der Waals surface area contributed by atoms with Gasteiger partial charge in [0.2, 0.25) is 0 Å². The minimum atomic E-state index is -1.08. The van der Waals surface area contributed by atoms with Gasteiger partial charge in [0.25, 0.3) is 0 Å². The highest BCUT2D eigenvalue weighted by Gasteiger charge is 2.16. The molecule has 0 heterocycles. The van der Waals surface area contributed by atoms with E-state index in [0.29, 0.717) is 23.7 Å². The van der Waals surface area contributed by atoms with Crippen LogP contribution in [0.1, 0.15) is 21.5 Å². The summed E-state index contributed by atoms with van der Waals surface area (Å²) < 4.78 is 25.4. The van der Waals surface area contributed by atoms with Crippen molar-refractivity contribution < 1.29 is 23.8 Å². The highest BCUT2D eigenvalue weighted by molar-refractivity contribution is 9.10.